The number of pyridine rings is 1. The fourth-order valence-electron chi connectivity index (χ4n) is 4.59. The van der Waals surface area contributed by atoms with Crippen molar-refractivity contribution in [1.82, 2.24) is 24.5 Å². The lowest BCUT2D eigenvalue weighted by molar-refractivity contribution is -0.00370. The molecule has 0 aromatic carbocycles. The van der Waals surface area contributed by atoms with E-state index in [1.165, 1.54) is 6.33 Å². The molecule has 11 heteroatoms. The average Bonchev–Trinajstić information content (AvgIpc) is 3.48. The number of imidazole rings is 1. The number of hydrogen-bond acceptors (Lipinski definition) is 9. The second-order valence-electron chi connectivity index (χ2n) is 8.18. The van der Waals surface area contributed by atoms with Gasteiger partial charge < -0.3 is 30.1 Å². The van der Waals surface area contributed by atoms with E-state index in [1.54, 1.807) is 17.1 Å². The molecular formula is C20H24ClN7O3. The van der Waals surface area contributed by atoms with Gasteiger partial charge in [-0.1, -0.05) is 11.6 Å². The molecule has 0 bridgehead atoms. The van der Waals surface area contributed by atoms with Gasteiger partial charge in [-0.05, 0) is 25.0 Å². The van der Waals surface area contributed by atoms with Crippen LogP contribution in [0, 0.1) is 5.92 Å². The Balaban J connectivity index is 1.34. The second-order valence-corrected chi connectivity index (χ2v) is 8.62. The summed E-state index contributed by atoms with van der Waals surface area (Å²) in [5.41, 5.74) is 1.20. The zero-order chi connectivity index (χ0) is 21.5. The van der Waals surface area contributed by atoms with Gasteiger partial charge in [-0.3, -0.25) is 0 Å². The monoisotopic (exact) mass is 445 g/mol. The minimum atomic E-state index is -0.990. The molecule has 5 atom stereocenters. The topological polar surface area (TPSA) is 132 Å². The van der Waals surface area contributed by atoms with E-state index in [2.05, 4.69) is 30.2 Å². The van der Waals surface area contributed by atoms with Crippen molar-refractivity contribution in [3.63, 3.8) is 0 Å². The number of anilines is 2. The van der Waals surface area contributed by atoms with Gasteiger partial charge in [0.05, 0.1) is 23.5 Å². The van der Waals surface area contributed by atoms with Crippen LogP contribution in [0.3, 0.4) is 0 Å². The number of halogens is 1. The molecule has 1 saturated carbocycles. The molecule has 3 aromatic rings. The van der Waals surface area contributed by atoms with Gasteiger partial charge in [0, 0.05) is 37.9 Å². The molecule has 0 amide bonds. The highest BCUT2D eigenvalue weighted by molar-refractivity contribution is 6.30. The number of nitrogens with one attached hydrogen (secondary N) is 1. The van der Waals surface area contributed by atoms with E-state index in [9.17, 15) is 15.3 Å². The van der Waals surface area contributed by atoms with Gasteiger partial charge in [-0.15, -0.1) is 0 Å². The maximum absolute atomic E-state index is 10.5. The number of fused-ring (bicyclic) bond motifs is 1. The van der Waals surface area contributed by atoms with Crippen molar-refractivity contribution in [2.75, 3.05) is 29.9 Å². The summed E-state index contributed by atoms with van der Waals surface area (Å²) in [6.07, 6.45) is 4.13. The third-order valence-electron chi connectivity index (χ3n) is 6.29. The number of aromatic nitrogens is 5. The van der Waals surface area contributed by atoms with Crippen LogP contribution in [0.1, 0.15) is 18.9 Å². The minimum Gasteiger partial charge on any atom is -0.396 e. The molecular weight excluding hydrogens is 422 g/mol. The molecule has 1 saturated heterocycles. The van der Waals surface area contributed by atoms with Gasteiger partial charge >= 0.3 is 0 Å². The highest BCUT2D eigenvalue weighted by Crippen LogP contribution is 2.37. The van der Waals surface area contributed by atoms with Gasteiger partial charge in [0.1, 0.15) is 23.8 Å². The number of hydrogen-bond donors (Lipinski definition) is 4. The first-order chi connectivity index (χ1) is 15.0. The first-order valence-electron chi connectivity index (χ1n) is 10.3. The molecule has 164 valence electrons. The molecule has 4 N–H and O–H groups in total. The Hall–Kier alpha value is -2.53. The highest BCUT2D eigenvalue weighted by Gasteiger charge is 2.42. The maximum atomic E-state index is 10.5. The van der Waals surface area contributed by atoms with Crippen LogP contribution in [0.15, 0.2) is 31.0 Å². The average molecular weight is 446 g/mol. The third kappa shape index (κ3) is 3.69. The molecule has 4 heterocycles. The first kappa shape index (κ1) is 20.4. The zero-order valence-corrected chi connectivity index (χ0v) is 17.5. The largest absolute Gasteiger partial charge is 0.396 e. The molecule has 0 radical (unpaired) electrons. The highest BCUT2D eigenvalue weighted by atomic mass is 35.5. The Labute approximate surface area is 183 Å². The van der Waals surface area contributed by atoms with E-state index in [4.69, 9.17) is 11.6 Å². The summed E-state index contributed by atoms with van der Waals surface area (Å²) >= 11 is 5.93. The molecule has 10 nitrogen and oxygen atoms in total. The quantitative estimate of drug-likeness (QED) is 0.451. The molecule has 1 aliphatic heterocycles. The van der Waals surface area contributed by atoms with Crippen molar-refractivity contribution in [3.05, 3.63) is 36.0 Å². The van der Waals surface area contributed by atoms with Gasteiger partial charge in [-0.25, -0.2) is 19.9 Å². The molecule has 1 aliphatic carbocycles. The number of aliphatic hydroxyl groups excluding tert-OH is 3. The van der Waals surface area contributed by atoms with E-state index in [0.29, 0.717) is 28.4 Å². The van der Waals surface area contributed by atoms with Crippen molar-refractivity contribution in [2.45, 2.75) is 37.1 Å². The van der Waals surface area contributed by atoms with Crippen molar-refractivity contribution in [2.24, 2.45) is 5.92 Å². The lowest BCUT2D eigenvalue weighted by Crippen LogP contribution is -2.30. The van der Waals surface area contributed by atoms with E-state index in [0.717, 1.165) is 25.3 Å². The zero-order valence-electron chi connectivity index (χ0n) is 16.7. The summed E-state index contributed by atoms with van der Waals surface area (Å²) in [6, 6.07) is 3.51. The van der Waals surface area contributed by atoms with Gasteiger partial charge in [-0.2, -0.15) is 0 Å². The van der Waals surface area contributed by atoms with Crippen LogP contribution in [-0.2, 0) is 0 Å². The van der Waals surface area contributed by atoms with Crippen LogP contribution >= 0.6 is 11.6 Å². The van der Waals surface area contributed by atoms with Crippen molar-refractivity contribution < 1.29 is 15.3 Å². The standard InChI is InChI=1S/C20H24ClN7O3/c21-12-1-2-15(22-6-12)27-4-3-13(7-27)26-19-16-20(24-9-23-19)28(10-25-16)14-5-11(8-29)17(30)18(14)31/h1-2,6,9-11,13-14,17-18,29-31H,3-5,7-8H2,(H,23,24,26)/t11-,13+,14-,17-,18+/m1/s1. The summed E-state index contributed by atoms with van der Waals surface area (Å²) in [4.78, 5) is 19.8. The fourth-order valence-corrected chi connectivity index (χ4v) is 4.70. The van der Waals surface area contributed by atoms with Crippen LogP contribution in [0.25, 0.3) is 11.2 Å². The van der Waals surface area contributed by atoms with Crippen LogP contribution < -0.4 is 10.2 Å². The van der Waals surface area contributed by atoms with E-state index in [1.807, 2.05) is 12.1 Å². The summed E-state index contributed by atoms with van der Waals surface area (Å²) in [5, 5.41) is 34.2. The normalized spacial score (nSPS) is 28.5. The summed E-state index contributed by atoms with van der Waals surface area (Å²) < 4.78 is 1.77. The molecule has 2 fully saturated rings. The smallest absolute Gasteiger partial charge is 0.165 e. The van der Waals surface area contributed by atoms with Crippen LogP contribution in [0.2, 0.25) is 5.02 Å². The lowest BCUT2D eigenvalue weighted by Gasteiger charge is -2.19. The molecule has 0 unspecified atom stereocenters. The Bertz CT molecular complexity index is 1060. The van der Waals surface area contributed by atoms with Crippen LogP contribution in [0.5, 0.6) is 0 Å². The van der Waals surface area contributed by atoms with Gasteiger partial charge in [0.25, 0.3) is 0 Å². The Morgan fingerprint density at radius 2 is 2.00 bits per heavy atom. The van der Waals surface area contributed by atoms with Gasteiger partial charge in [0.2, 0.25) is 0 Å². The van der Waals surface area contributed by atoms with Crippen molar-refractivity contribution in [1.29, 1.82) is 0 Å². The summed E-state index contributed by atoms with van der Waals surface area (Å²) in [6.45, 7) is 1.46. The number of aliphatic hydroxyl groups is 3. The minimum absolute atomic E-state index is 0.165. The predicted molar refractivity (Wildman–Crippen MR) is 115 cm³/mol. The maximum Gasteiger partial charge on any atom is 0.165 e. The number of rotatable bonds is 5. The Morgan fingerprint density at radius 1 is 1.13 bits per heavy atom. The predicted octanol–water partition coefficient (Wildman–Crippen LogP) is 0.841. The van der Waals surface area contributed by atoms with Crippen molar-refractivity contribution in [3.8, 4) is 0 Å². The Morgan fingerprint density at radius 3 is 2.74 bits per heavy atom. The Kier molecular flexibility index (Phi) is 5.39. The third-order valence-corrected chi connectivity index (χ3v) is 6.51. The van der Waals surface area contributed by atoms with E-state index >= 15 is 0 Å². The molecule has 3 aromatic heterocycles. The molecule has 5 rings (SSSR count). The summed E-state index contributed by atoms with van der Waals surface area (Å²) in [5.74, 6) is 1.15. The molecule has 0 spiro atoms. The molecule has 2 aliphatic rings. The lowest BCUT2D eigenvalue weighted by atomic mass is 10.1. The summed E-state index contributed by atoms with van der Waals surface area (Å²) in [7, 11) is 0. The van der Waals surface area contributed by atoms with Crippen LogP contribution in [-0.4, -0.2) is 77.8 Å². The first-order valence-corrected chi connectivity index (χ1v) is 10.7. The van der Waals surface area contributed by atoms with Crippen molar-refractivity contribution >= 4 is 34.4 Å². The fraction of sp³-hybridized carbons (Fsp3) is 0.500. The van der Waals surface area contributed by atoms with E-state index in [-0.39, 0.29) is 18.6 Å². The van der Waals surface area contributed by atoms with Gasteiger partial charge in [0.15, 0.2) is 11.5 Å². The van der Waals surface area contributed by atoms with E-state index < -0.39 is 18.2 Å². The number of nitrogens with zero attached hydrogens (tertiary/aromatic N) is 6. The van der Waals surface area contributed by atoms with Crippen LogP contribution in [0.4, 0.5) is 11.6 Å². The SMILES string of the molecule is OC[C@H]1C[C@@H](n2cnc3c(N[C@H]4CCN(c5ccc(Cl)cn5)C4)ncnc32)[C@H](O)[C@@H]1O. The molecule has 31 heavy (non-hydrogen) atoms. The second kappa shape index (κ2) is 8.19.